The Morgan fingerprint density at radius 1 is 1.03 bits per heavy atom. The molecule has 4 rings (SSSR count). The highest BCUT2D eigenvalue weighted by Gasteiger charge is 2.64. The second-order valence-corrected chi connectivity index (χ2v) is 8.82. The third kappa shape index (κ3) is 3.72. The summed E-state index contributed by atoms with van der Waals surface area (Å²) in [5.74, 6) is 0.247. The van der Waals surface area contributed by atoms with E-state index in [-0.39, 0.29) is 17.9 Å². The maximum atomic E-state index is 13.8. The molecule has 2 aromatic rings. The van der Waals surface area contributed by atoms with E-state index in [0.717, 1.165) is 43.2 Å². The van der Waals surface area contributed by atoms with Gasteiger partial charge < -0.3 is 10.0 Å². The molecular weight excluding hydrogens is 370 g/mol. The molecule has 1 aliphatic carbocycles. The first-order valence-corrected chi connectivity index (χ1v) is 11.4. The third-order valence-corrected chi connectivity index (χ3v) is 6.92. The van der Waals surface area contributed by atoms with Gasteiger partial charge in [0.1, 0.15) is 5.41 Å². The number of aliphatic hydroxyl groups is 1. The van der Waals surface area contributed by atoms with Crippen LogP contribution in [0.4, 0.5) is 0 Å². The van der Waals surface area contributed by atoms with Crippen molar-refractivity contribution in [1.29, 1.82) is 0 Å². The highest BCUT2D eigenvalue weighted by atomic mass is 16.3. The smallest absolute Gasteiger partial charge is 0.238 e. The SMILES string of the molecule is CC/C=C/[C@]1([C@H](O)C2CCCCC2)C(=O)N(Cc2ccccc2)[C@@H]1c1ccccc1. The number of likely N-dealkylation sites (tertiary alicyclic amines) is 1. The minimum Gasteiger partial charge on any atom is -0.391 e. The lowest BCUT2D eigenvalue weighted by Gasteiger charge is -2.58. The molecule has 1 N–H and O–H groups in total. The van der Waals surface area contributed by atoms with Crippen LogP contribution in [0.1, 0.15) is 62.6 Å². The van der Waals surface area contributed by atoms with E-state index in [1.54, 1.807) is 0 Å². The molecule has 30 heavy (non-hydrogen) atoms. The Labute approximate surface area is 180 Å². The molecule has 3 atom stereocenters. The Kier molecular flexibility index (Phi) is 6.38. The molecule has 0 radical (unpaired) electrons. The van der Waals surface area contributed by atoms with Gasteiger partial charge in [-0.2, -0.15) is 0 Å². The number of β-lactam (4-membered cyclic amide) rings is 1. The van der Waals surface area contributed by atoms with Crippen molar-refractivity contribution in [3.63, 3.8) is 0 Å². The normalized spacial score (nSPS) is 26.0. The number of benzene rings is 2. The fourth-order valence-corrected chi connectivity index (χ4v) is 5.41. The molecule has 2 aromatic carbocycles. The molecule has 1 heterocycles. The van der Waals surface area contributed by atoms with Gasteiger partial charge in [-0.25, -0.2) is 0 Å². The van der Waals surface area contributed by atoms with Crippen LogP contribution in [-0.2, 0) is 11.3 Å². The molecule has 1 saturated carbocycles. The van der Waals surface area contributed by atoms with Crippen molar-refractivity contribution >= 4 is 5.91 Å². The van der Waals surface area contributed by atoms with Gasteiger partial charge in [-0.05, 0) is 36.3 Å². The fourth-order valence-electron chi connectivity index (χ4n) is 5.41. The summed E-state index contributed by atoms with van der Waals surface area (Å²) in [5, 5.41) is 11.7. The van der Waals surface area contributed by atoms with Crippen molar-refractivity contribution in [2.45, 2.75) is 64.1 Å². The quantitative estimate of drug-likeness (QED) is 0.478. The number of hydrogen-bond acceptors (Lipinski definition) is 2. The van der Waals surface area contributed by atoms with Gasteiger partial charge in [0, 0.05) is 6.54 Å². The summed E-state index contributed by atoms with van der Waals surface area (Å²) in [6, 6.07) is 20.3. The van der Waals surface area contributed by atoms with Gasteiger partial charge in [-0.3, -0.25) is 4.79 Å². The van der Waals surface area contributed by atoms with E-state index in [9.17, 15) is 9.90 Å². The summed E-state index contributed by atoms with van der Waals surface area (Å²) in [4.78, 5) is 15.7. The Morgan fingerprint density at radius 3 is 2.30 bits per heavy atom. The van der Waals surface area contributed by atoms with E-state index in [0.29, 0.717) is 6.54 Å². The highest BCUT2D eigenvalue weighted by Crippen LogP contribution is 2.56. The Hall–Kier alpha value is -2.39. The van der Waals surface area contributed by atoms with Crippen molar-refractivity contribution in [3.05, 3.63) is 83.9 Å². The molecule has 0 aromatic heterocycles. The van der Waals surface area contributed by atoms with Crippen LogP contribution in [-0.4, -0.2) is 22.0 Å². The van der Waals surface area contributed by atoms with Crippen LogP contribution < -0.4 is 0 Å². The van der Waals surface area contributed by atoms with Crippen LogP contribution in [0.15, 0.2) is 72.8 Å². The van der Waals surface area contributed by atoms with E-state index < -0.39 is 11.5 Å². The molecule has 2 fully saturated rings. The average Bonchev–Trinajstić information content (AvgIpc) is 2.81. The van der Waals surface area contributed by atoms with Gasteiger partial charge >= 0.3 is 0 Å². The van der Waals surface area contributed by atoms with Gasteiger partial charge in [0.15, 0.2) is 0 Å². The van der Waals surface area contributed by atoms with Gasteiger partial charge in [-0.1, -0.05) is 99.0 Å². The summed E-state index contributed by atoms with van der Waals surface area (Å²) >= 11 is 0. The number of aliphatic hydroxyl groups excluding tert-OH is 1. The largest absolute Gasteiger partial charge is 0.391 e. The molecule has 0 bridgehead atoms. The van der Waals surface area contributed by atoms with E-state index in [1.165, 1.54) is 6.42 Å². The number of hydrogen-bond donors (Lipinski definition) is 1. The zero-order valence-electron chi connectivity index (χ0n) is 17.9. The van der Waals surface area contributed by atoms with Crippen molar-refractivity contribution in [2.24, 2.45) is 11.3 Å². The van der Waals surface area contributed by atoms with E-state index in [4.69, 9.17) is 0 Å². The molecule has 3 nitrogen and oxygen atoms in total. The Balaban J connectivity index is 1.74. The molecule has 1 amide bonds. The second kappa shape index (κ2) is 9.18. The number of amides is 1. The van der Waals surface area contributed by atoms with Crippen molar-refractivity contribution in [1.82, 2.24) is 4.90 Å². The minimum atomic E-state index is -0.867. The number of rotatable bonds is 7. The summed E-state index contributed by atoms with van der Waals surface area (Å²) in [5.41, 5.74) is 1.35. The predicted octanol–water partition coefficient (Wildman–Crippen LogP) is 5.66. The molecule has 2 aliphatic rings. The van der Waals surface area contributed by atoms with E-state index in [2.05, 4.69) is 37.3 Å². The van der Waals surface area contributed by atoms with E-state index >= 15 is 0 Å². The number of nitrogens with zero attached hydrogens (tertiary/aromatic N) is 1. The monoisotopic (exact) mass is 403 g/mol. The van der Waals surface area contributed by atoms with Crippen LogP contribution >= 0.6 is 0 Å². The number of carbonyl (C=O) groups is 1. The van der Waals surface area contributed by atoms with Gasteiger partial charge in [0.25, 0.3) is 0 Å². The van der Waals surface area contributed by atoms with Crippen LogP contribution in [0.2, 0.25) is 0 Å². The third-order valence-electron chi connectivity index (χ3n) is 6.92. The summed E-state index contributed by atoms with van der Waals surface area (Å²) in [6.45, 7) is 2.65. The maximum Gasteiger partial charge on any atom is 0.238 e. The van der Waals surface area contributed by atoms with Crippen LogP contribution in [0.5, 0.6) is 0 Å². The minimum absolute atomic E-state index is 0.0583. The van der Waals surface area contributed by atoms with Crippen LogP contribution in [0.3, 0.4) is 0 Å². The van der Waals surface area contributed by atoms with Gasteiger partial charge in [0.05, 0.1) is 12.1 Å². The molecule has 1 saturated heterocycles. The summed E-state index contributed by atoms with van der Waals surface area (Å²) in [7, 11) is 0. The number of allylic oxidation sites excluding steroid dienone is 1. The Morgan fingerprint density at radius 2 is 1.67 bits per heavy atom. The molecule has 0 spiro atoms. The van der Waals surface area contributed by atoms with Crippen molar-refractivity contribution in [2.75, 3.05) is 0 Å². The molecule has 1 aliphatic heterocycles. The lowest BCUT2D eigenvalue weighted by atomic mass is 9.59. The van der Waals surface area contributed by atoms with Crippen LogP contribution in [0, 0.1) is 11.3 Å². The zero-order chi connectivity index (χ0) is 21.0. The fraction of sp³-hybridized carbons (Fsp3) is 0.444. The number of carbonyl (C=O) groups excluding carboxylic acids is 1. The highest BCUT2D eigenvalue weighted by molar-refractivity contribution is 5.93. The van der Waals surface area contributed by atoms with Crippen molar-refractivity contribution in [3.8, 4) is 0 Å². The standard InChI is InChI=1S/C27H33NO2/c1-2-3-19-27(25(29)23-17-11-6-12-18-23)24(22-15-9-5-10-16-22)28(26(27)30)20-21-13-7-4-8-14-21/h3-5,7-10,13-16,19,23-25,29H,2,6,11-12,17-18,20H2,1H3/b19-3+/t24-,25-,27+/m1/s1. The molecule has 0 unspecified atom stereocenters. The first kappa shape index (κ1) is 20.9. The van der Waals surface area contributed by atoms with Gasteiger partial charge in [-0.15, -0.1) is 0 Å². The van der Waals surface area contributed by atoms with Gasteiger partial charge in [0.2, 0.25) is 5.91 Å². The lowest BCUT2D eigenvalue weighted by Crippen LogP contribution is -2.68. The second-order valence-electron chi connectivity index (χ2n) is 8.82. The topological polar surface area (TPSA) is 40.5 Å². The zero-order valence-corrected chi connectivity index (χ0v) is 17.9. The molecular formula is C27H33NO2. The Bertz CT molecular complexity index is 857. The summed E-state index contributed by atoms with van der Waals surface area (Å²) < 4.78 is 0. The first-order chi connectivity index (χ1) is 14.7. The molecule has 158 valence electrons. The molecule has 3 heteroatoms. The van der Waals surface area contributed by atoms with Crippen molar-refractivity contribution < 1.29 is 9.90 Å². The first-order valence-electron chi connectivity index (χ1n) is 11.4. The van der Waals surface area contributed by atoms with E-state index in [1.807, 2.05) is 47.4 Å². The van der Waals surface area contributed by atoms with Crippen LogP contribution in [0.25, 0.3) is 0 Å². The predicted molar refractivity (Wildman–Crippen MR) is 121 cm³/mol. The lowest BCUT2D eigenvalue weighted by molar-refractivity contribution is -0.187. The average molecular weight is 404 g/mol. The maximum absolute atomic E-state index is 13.8. The summed E-state index contributed by atoms with van der Waals surface area (Å²) in [6.07, 6.45) is 9.86.